The molecule has 0 bridgehead atoms. The van der Waals surface area contributed by atoms with Crippen molar-refractivity contribution in [2.24, 2.45) is 0 Å². The van der Waals surface area contributed by atoms with E-state index < -0.39 is 17.4 Å². The summed E-state index contributed by atoms with van der Waals surface area (Å²) in [5, 5.41) is 0.195. The van der Waals surface area contributed by atoms with E-state index in [1.807, 2.05) is 0 Å². The summed E-state index contributed by atoms with van der Waals surface area (Å²) in [7, 11) is 1.41. The van der Waals surface area contributed by atoms with Crippen molar-refractivity contribution in [3.05, 3.63) is 36.2 Å². The monoisotopic (exact) mass is 425 g/mol. The van der Waals surface area contributed by atoms with Crippen LogP contribution in [0.1, 0.15) is 8.55 Å². The zero-order valence-electron chi connectivity index (χ0n) is 16.6. The van der Waals surface area contributed by atoms with Crippen molar-refractivity contribution in [3.63, 3.8) is 0 Å². The van der Waals surface area contributed by atoms with Crippen LogP contribution in [0.3, 0.4) is 0 Å². The third-order valence-corrected chi connectivity index (χ3v) is 4.67. The minimum absolute atomic E-state index is 0. The van der Waals surface area contributed by atoms with Gasteiger partial charge in [0.05, 0.1) is 47.5 Å². The van der Waals surface area contributed by atoms with Crippen molar-refractivity contribution < 1.29 is 30.1 Å². The first-order valence-electron chi connectivity index (χ1n) is 7.40. The number of pyridine rings is 1. The van der Waals surface area contributed by atoms with Crippen molar-refractivity contribution in [1.82, 2.24) is 15.0 Å². The van der Waals surface area contributed by atoms with Crippen LogP contribution in [0.15, 0.2) is 35.6 Å². The molecule has 0 fully saturated rings. The summed E-state index contributed by atoms with van der Waals surface area (Å²) < 4.78 is 52.1. The Kier molecular flexibility index (Phi) is 7.78. The number of H-pyrrole nitrogens is 1. The number of hydrogen-bond donors (Lipinski definition) is 1. The predicted octanol–water partition coefficient (Wildman–Crippen LogP) is 2.73. The molecule has 0 aliphatic heterocycles. The van der Waals surface area contributed by atoms with E-state index in [2.05, 4.69) is 19.7 Å². The Morgan fingerprint density at radius 3 is 2.70 bits per heavy atom. The van der Waals surface area contributed by atoms with Gasteiger partial charge in [-0.1, -0.05) is 0 Å². The van der Waals surface area contributed by atoms with Gasteiger partial charge in [-0.2, -0.15) is 8.78 Å². The largest absolute Gasteiger partial charge is 2.00 e. The maximum atomic E-state index is 12.6. The second kappa shape index (κ2) is 9.63. The van der Waals surface area contributed by atoms with Crippen molar-refractivity contribution >= 4 is 59.6 Å². The Morgan fingerprint density at radius 2 is 2.04 bits per heavy atom. The van der Waals surface area contributed by atoms with Gasteiger partial charge < -0.3 is 22.0 Å². The number of aromatic amines is 1. The molecule has 0 aliphatic carbocycles. The number of ether oxygens (including phenoxy) is 3. The average molecular weight is 425 g/mol. The fourth-order valence-corrected chi connectivity index (χ4v) is 3.41. The van der Waals surface area contributed by atoms with Gasteiger partial charge in [0.2, 0.25) is 0 Å². The van der Waals surface area contributed by atoms with Crippen LogP contribution < -0.4 is 14.2 Å². The summed E-state index contributed by atoms with van der Waals surface area (Å²) in [4.78, 5) is 11.3. The third kappa shape index (κ3) is 5.07. The zero-order valence-corrected chi connectivity index (χ0v) is 17.6. The molecule has 0 saturated heterocycles. The topological polar surface area (TPSA) is 86.3 Å². The minimum Gasteiger partial charge on any atom is -1.00 e. The molecule has 3 rings (SSSR count). The van der Waals surface area contributed by atoms with Crippen molar-refractivity contribution in [1.29, 1.82) is 0 Å². The van der Waals surface area contributed by atoms with Gasteiger partial charge in [0.25, 0.3) is 0 Å². The molecule has 1 N–H and O–H groups in total. The fraction of sp³-hybridized carbons (Fsp3) is 0.250. The van der Waals surface area contributed by atoms with Gasteiger partial charge in [0.15, 0.2) is 16.7 Å². The average Bonchev–Trinajstić information content (AvgIpc) is 3.04. The number of aromatic nitrogens is 3. The first kappa shape index (κ1) is 21.8. The second-order valence-corrected chi connectivity index (χ2v) is 6.45. The number of rotatable bonds is 7. The van der Waals surface area contributed by atoms with Crippen LogP contribution in [0.2, 0.25) is 0 Å². The van der Waals surface area contributed by atoms with Crippen LogP contribution in [-0.2, 0) is 16.6 Å². The van der Waals surface area contributed by atoms with Crippen LogP contribution in [0.5, 0.6) is 17.2 Å². The summed E-state index contributed by atoms with van der Waals surface area (Å²) in [5.41, 5.74) is 1.38. The summed E-state index contributed by atoms with van der Waals surface area (Å²) in [6, 6.07) is 5.89. The second-order valence-electron chi connectivity index (χ2n) is 5.08. The molecule has 0 radical (unpaired) electrons. The smallest absolute Gasteiger partial charge is 1.00 e. The first-order valence-corrected chi connectivity index (χ1v) is 8.72. The predicted molar refractivity (Wildman–Crippen MR) is 98.2 cm³/mol. The van der Waals surface area contributed by atoms with Crippen LogP contribution in [0.4, 0.5) is 8.78 Å². The molecular weight excluding hydrogens is 408 g/mol. The molecule has 11 heteroatoms. The molecule has 0 spiro atoms. The number of nitrogens with one attached hydrogen (secondary N) is 1. The van der Waals surface area contributed by atoms with E-state index in [9.17, 15) is 13.0 Å². The van der Waals surface area contributed by atoms with Crippen LogP contribution in [0.25, 0.3) is 11.0 Å². The maximum Gasteiger partial charge on any atom is 2.00 e. The van der Waals surface area contributed by atoms with Gasteiger partial charge in [0, 0.05) is 18.3 Å². The number of benzene rings is 1. The third-order valence-electron chi connectivity index (χ3n) is 3.51. The molecule has 142 valence electrons. The molecule has 0 unspecified atom stereocenters. The SMILES string of the molecule is COc1ccnc(C[S@](=O)c2nc3ccc(OC(F)F)cc3[nH]2)c1OC.[Ca+2].[H-].[H-]. The van der Waals surface area contributed by atoms with E-state index in [1.54, 1.807) is 6.07 Å². The van der Waals surface area contributed by atoms with E-state index in [-0.39, 0.29) is 57.3 Å². The summed E-state index contributed by atoms with van der Waals surface area (Å²) >= 11 is 0. The Balaban J connectivity index is 0.00000261. The number of hydrogen-bond acceptors (Lipinski definition) is 6. The van der Waals surface area contributed by atoms with Crippen LogP contribution >= 0.6 is 0 Å². The maximum absolute atomic E-state index is 12.6. The summed E-state index contributed by atoms with van der Waals surface area (Å²) in [5.74, 6) is 0.908. The fourth-order valence-electron chi connectivity index (χ4n) is 2.40. The molecule has 0 amide bonds. The Labute approximate surface area is 188 Å². The molecule has 7 nitrogen and oxygen atoms in total. The quantitative estimate of drug-likeness (QED) is 0.586. The van der Waals surface area contributed by atoms with E-state index >= 15 is 0 Å². The number of imidazole rings is 1. The van der Waals surface area contributed by atoms with Crippen molar-refractivity contribution in [3.8, 4) is 17.2 Å². The molecular formula is C16H17CaF2N3O4S. The number of alkyl halides is 2. The van der Waals surface area contributed by atoms with Crippen LogP contribution in [0, 0.1) is 0 Å². The Hall–Kier alpha value is -1.49. The molecule has 2 heterocycles. The zero-order chi connectivity index (χ0) is 18.7. The van der Waals surface area contributed by atoms with Crippen molar-refractivity contribution in [2.75, 3.05) is 14.2 Å². The standard InChI is InChI=1S/C16H15F2N3O4S.Ca.2H/c1-23-13-5-6-19-12(14(13)24-2)8-26(22)16-20-10-4-3-9(25-15(17)18)7-11(10)21-16;;;/h3-7,15H,8H2,1-2H3,(H,20,21);;;/q;+2;2*-1/t26-;;;/m0.../s1. The number of nitrogens with zero attached hydrogens (tertiary/aromatic N) is 2. The van der Waals surface area contributed by atoms with Gasteiger partial charge in [-0.05, 0) is 12.1 Å². The van der Waals surface area contributed by atoms with E-state index in [0.717, 1.165) is 0 Å². The number of methoxy groups -OCH3 is 2. The molecule has 1 aromatic carbocycles. The normalized spacial score (nSPS) is 11.9. The Morgan fingerprint density at radius 1 is 1.26 bits per heavy atom. The first-order chi connectivity index (χ1) is 12.5. The molecule has 0 aliphatic rings. The Bertz CT molecular complexity index is 965. The van der Waals surface area contributed by atoms with Gasteiger partial charge >= 0.3 is 44.3 Å². The van der Waals surface area contributed by atoms with Gasteiger partial charge in [-0.3, -0.25) is 9.19 Å². The number of halogens is 2. The van der Waals surface area contributed by atoms with Gasteiger partial charge in [-0.15, -0.1) is 0 Å². The van der Waals surface area contributed by atoms with Gasteiger partial charge in [0.1, 0.15) is 5.75 Å². The molecule has 2 aromatic heterocycles. The van der Waals surface area contributed by atoms with Gasteiger partial charge in [-0.25, -0.2) is 4.98 Å². The van der Waals surface area contributed by atoms with Crippen LogP contribution in [-0.4, -0.2) is 77.7 Å². The molecule has 0 saturated carbocycles. The molecule has 3 aromatic rings. The van der Waals surface area contributed by atoms with E-state index in [0.29, 0.717) is 28.2 Å². The minimum atomic E-state index is -2.92. The van der Waals surface area contributed by atoms with E-state index in [1.165, 1.54) is 38.6 Å². The number of fused-ring (bicyclic) bond motifs is 1. The molecule has 1 atom stereocenters. The van der Waals surface area contributed by atoms with Crippen molar-refractivity contribution in [2.45, 2.75) is 17.5 Å². The molecule has 27 heavy (non-hydrogen) atoms. The summed E-state index contributed by atoms with van der Waals surface area (Å²) in [6.45, 7) is -2.92. The van der Waals surface area contributed by atoms with E-state index in [4.69, 9.17) is 9.47 Å². The summed E-state index contributed by atoms with van der Waals surface area (Å²) in [6.07, 6.45) is 1.53.